The molecule has 1 unspecified atom stereocenters. The third kappa shape index (κ3) is 6.66. The van der Waals surface area contributed by atoms with Crippen molar-refractivity contribution in [3.05, 3.63) is 22.4 Å². The lowest BCUT2D eigenvalue weighted by Gasteiger charge is -2.16. The predicted molar refractivity (Wildman–Crippen MR) is 75.8 cm³/mol. The number of rotatable bonds is 7. The van der Waals surface area contributed by atoms with Crippen molar-refractivity contribution in [1.29, 1.82) is 0 Å². The number of nitrogens with one attached hydrogen (secondary N) is 1. The van der Waals surface area contributed by atoms with E-state index in [1.54, 1.807) is 11.3 Å². The van der Waals surface area contributed by atoms with Crippen molar-refractivity contribution in [3.8, 4) is 0 Å². The van der Waals surface area contributed by atoms with Crippen LogP contribution in [0.2, 0.25) is 0 Å². The Morgan fingerprint density at radius 1 is 1.59 bits per heavy atom. The Morgan fingerprint density at radius 3 is 2.88 bits per heavy atom. The van der Waals surface area contributed by atoms with Crippen LogP contribution in [-0.4, -0.2) is 18.5 Å². The minimum Gasteiger partial charge on any atom is -0.352 e. The monoisotopic (exact) mass is 276 g/mol. The lowest BCUT2D eigenvalue weighted by molar-refractivity contribution is -0.121. The first-order valence-electron chi connectivity index (χ1n) is 5.76. The van der Waals surface area contributed by atoms with Crippen LogP contribution in [0, 0.1) is 0 Å². The van der Waals surface area contributed by atoms with Crippen molar-refractivity contribution < 1.29 is 4.79 Å². The van der Waals surface area contributed by atoms with Gasteiger partial charge in [-0.15, -0.1) is 12.4 Å². The molecule has 0 saturated carbocycles. The zero-order chi connectivity index (χ0) is 11.8. The Balaban J connectivity index is 0.00000256. The Bertz CT molecular complexity index is 303. The molecule has 0 spiro atoms. The summed E-state index contributed by atoms with van der Waals surface area (Å²) < 4.78 is 0. The number of halogens is 1. The van der Waals surface area contributed by atoms with Gasteiger partial charge in [0.25, 0.3) is 0 Å². The highest BCUT2D eigenvalue weighted by atomic mass is 35.5. The summed E-state index contributed by atoms with van der Waals surface area (Å²) in [7, 11) is 0. The average Bonchev–Trinajstić information content (AvgIpc) is 2.76. The van der Waals surface area contributed by atoms with E-state index in [0.29, 0.717) is 13.0 Å². The molecular formula is C12H21ClN2OS. The first-order valence-corrected chi connectivity index (χ1v) is 6.71. The molecule has 0 aromatic carbocycles. The van der Waals surface area contributed by atoms with Crippen LogP contribution in [0.25, 0.3) is 0 Å². The summed E-state index contributed by atoms with van der Waals surface area (Å²) in [4.78, 5) is 11.7. The molecule has 5 heteroatoms. The van der Waals surface area contributed by atoms with Gasteiger partial charge < -0.3 is 11.1 Å². The molecule has 0 fully saturated rings. The number of carbonyl (C=O) groups is 1. The van der Waals surface area contributed by atoms with Crippen LogP contribution < -0.4 is 11.1 Å². The number of unbranched alkanes of at least 4 members (excludes halogenated alkanes) is 1. The van der Waals surface area contributed by atoms with Crippen LogP contribution in [0.15, 0.2) is 16.8 Å². The van der Waals surface area contributed by atoms with Gasteiger partial charge >= 0.3 is 0 Å². The SMILES string of the molecule is CCCCC(CN)NC(=O)Cc1ccsc1.Cl. The predicted octanol–water partition coefficient (Wildman–Crippen LogP) is 2.35. The van der Waals surface area contributed by atoms with E-state index < -0.39 is 0 Å². The van der Waals surface area contributed by atoms with E-state index in [-0.39, 0.29) is 24.4 Å². The normalized spacial score (nSPS) is 11.6. The summed E-state index contributed by atoms with van der Waals surface area (Å²) in [5, 5.41) is 6.97. The average molecular weight is 277 g/mol. The molecule has 98 valence electrons. The molecule has 0 aliphatic rings. The largest absolute Gasteiger partial charge is 0.352 e. The molecule has 1 heterocycles. The quantitative estimate of drug-likeness (QED) is 0.803. The number of hydrogen-bond acceptors (Lipinski definition) is 3. The fraction of sp³-hybridized carbons (Fsp3) is 0.583. The minimum absolute atomic E-state index is 0. The Hall–Kier alpha value is -0.580. The summed E-state index contributed by atoms with van der Waals surface area (Å²) in [5.41, 5.74) is 6.70. The lowest BCUT2D eigenvalue weighted by Crippen LogP contribution is -2.40. The Labute approximate surface area is 113 Å². The van der Waals surface area contributed by atoms with Crippen molar-refractivity contribution in [3.63, 3.8) is 0 Å². The van der Waals surface area contributed by atoms with Gasteiger partial charge in [0.1, 0.15) is 0 Å². The van der Waals surface area contributed by atoms with E-state index in [4.69, 9.17) is 5.73 Å². The van der Waals surface area contributed by atoms with Crippen LogP contribution >= 0.6 is 23.7 Å². The smallest absolute Gasteiger partial charge is 0.224 e. The molecule has 17 heavy (non-hydrogen) atoms. The van der Waals surface area contributed by atoms with Crippen molar-refractivity contribution in [2.45, 2.75) is 38.6 Å². The van der Waals surface area contributed by atoms with Gasteiger partial charge in [-0.25, -0.2) is 0 Å². The third-order valence-corrected chi connectivity index (χ3v) is 3.23. The summed E-state index contributed by atoms with van der Waals surface area (Å²) in [5.74, 6) is 0.0740. The summed E-state index contributed by atoms with van der Waals surface area (Å²) in [6.45, 7) is 2.66. The summed E-state index contributed by atoms with van der Waals surface area (Å²) in [6.07, 6.45) is 3.69. The molecule has 1 amide bonds. The molecule has 0 bridgehead atoms. The number of carbonyl (C=O) groups excluding carboxylic acids is 1. The number of nitrogens with two attached hydrogens (primary N) is 1. The lowest BCUT2D eigenvalue weighted by atomic mass is 10.1. The number of amides is 1. The first kappa shape index (κ1) is 16.4. The van der Waals surface area contributed by atoms with Crippen LogP contribution in [0.4, 0.5) is 0 Å². The van der Waals surface area contributed by atoms with E-state index in [1.165, 1.54) is 0 Å². The zero-order valence-corrected chi connectivity index (χ0v) is 11.8. The van der Waals surface area contributed by atoms with Crippen LogP contribution in [0.1, 0.15) is 31.7 Å². The molecule has 3 nitrogen and oxygen atoms in total. The molecule has 0 aliphatic carbocycles. The Kier molecular flexibility index (Phi) is 9.13. The van der Waals surface area contributed by atoms with E-state index >= 15 is 0 Å². The Morgan fingerprint density at radius 2 is 2.35 bits per heavy atom. The fourth-order valence-corrected chi connectivity index (χ4v) is 2.23. The highest BCUT2D eigenvalue weighted by molar-refractivity contribution is 7.07. The molecule has 1 rings (SSSR count). The minimum atomic E-state index is 0. The highest BCUT2D eigenvalue weighted by Gasteiger charge is 2.10. The van der Waals surface area contributed by atoms with Crippen molar-refractivity contribution >= 4 is 29.7 Å². The van der Waals surface area contributed by atoms with Gasteiger partial charge in [0.15, 0.2) is 0 Å². The topological polar surface area (TPSA) is 55.1 Å². The highest BCUT2D eigenvalue weighted by Crippen LogP contribution is 2.07. The number of thiophene rings is 1. The van der Waals surface area contributed by atoms with Gasteiger partial charge in [-0.1, -0.05) is 19.8 Å². The second kappa shape index (κ2) is 9.45. The van der Waals surface area contributed by atoms with Crippen molar-refractivity contribution in [2.75, 3.05) is 6.54 Å². The molecule has 1 atom stereocenters. The molecule has 1 aromatic rings. The fourth-order valence-electron chi connectivity index (χ4n) is 1.56. The maximum absolute atomic E-state index is 11.7. The second-order valence-electron chi connectivity index (χ2n) is 3.95. The zero-order valence-electron chi connectivity index (χ0n) is 10.1. The van der Waals surface area contributed by atoms with Crippen LogP contribution in [-0.2, 0) is 11.2 Å². The van der Waals surface area contributed by atoms with Crippen molar-refractivity contribution in [1.82, 2.24) is 5.32 Å². The van der Waals surface area contributed by atoms with Gasteiger partial charge in [0.05, 0.1) is 6.42 Å². The van der Waals surface area contributed by atoms with E-state index in [0.717, 1.165) is 24.8 Å². The van der Waals surface area contributed by atoms with Gasteiger partial charge in [0, 0.05) is 12.6 Å². The molecule has 1 aromatic heterocycles. The second-order valence-corrected chi connectivity index (χ2v) is 4.73. The molecule has 0 radical (unpaired) electrons. The summed E-state index contributed by atoms with van der Waals surface area (Å²) in [6, 6.07) is 2.11. The third-order valence-electron chi connectivity index (χ3n) is 2.50. The molecule has 0 aliphatic heterocycles. The first-order chi connectivity index (χ1) is 7.76. The van der Waals surface area contributed by atoms with Gasteiger partial charge in [-0.2, -0.15) is 11.3 Å². The van der Waals surface area contributed by atoms with E-state index in [1.807, 2.05) is 16.8 Å². The van der Waals surface area contributed by atoms with E-state index in [9.17, 15) is 4.79 Å². The molecule has 3 N–H and O–H groups in total. The molecule has 0 saturated heterocycles. The van der Waals surface area contributed by atoms with Gasteiger partial charge in [-0.05, 0) is 28.8 Å². The maximum Gasteiger partial charge on any atom is 0.224 e. The maximum atomic E-state index is 11.7. The van der Waals surface area contributed by atoms with Gasteiger partial charge in [0.2, 0.25) is 5.91 Å². The van der Waals surface area contributed by atoms with Gasteiger partial charge in [-0.3, -0.25) is 4.79 Å². The van der Waals surface area contributed by atoms with Crippen LogP contribution in [0.5, 0.6) is 0 Å². The molecular weight excluding hydrogens is 256 g/mol. The van der Waals surface area contributed by atoms with E-state index in [2.05, 4.69) is 12.2 Å². The van der Waals surface area contributed by atoms with Crippen LogP contribution in [0.3, 0.4) is 0 Å². The van der Waals surface area contributed by atoms with Crippen molar-refractivity contribution in [2.24, 2.45) is 5.73 Å². The number of hydrogen-bond donors (Lipinski definition) is 2. The standard InChI is InChI=1S/C12H20N2OS.ClH/c1-2-3-4-11(8-13)14-12(15)7-10-5-6-16-9-10;/h5-6,9,11H,2-4,7-8,13H2,1H3,(H,14,15);1H. The summed E-state index contributed by atoms with van der Waals surface area (Å²) >= 11 is 1.62.